The molecule has 5 heteroatoms. The molecule has 4 rings (SSSR count). The summed E-state index contributed by atoms with van der Waals surface area (Å²) in [6.07, 6.45) is 2.49. The fourth-order valence-corrected chi connectivity index (χ4v) is 5.41. The van der Waals surface area contributed by atoms with Crippen molar-refractivity contribution >= 4 is 23.2 Å². The highest BCUT2D eigenvalue weighted by molar-refractivity contribution is 6.30. The zero-order chi connectivity index (χ0) is 21.8. The predicted molar refractivity (Wildman–Crippen MR) is 119 cm³/mol. The van der Waals surface area contributed by atoms with Crippen LogP contribution in [-0.2, 0) is 9.59 Å². The third-order valence-corrected chi connectivity index (χ3v) is 6.54. The fraction of sp³-hybridized carbons (Fsp3) is 0.520. The van der Waals surface area contributed by atoms with Crippen molar-refractivity contribution in [3.05, 3.63) is 51.3 Å². The smallest absolute Gasteiger partial charge is 0.162 e. The predicted octanol–water partition coefficient (Wildman–Crippen LogP) is 5.71. The van der Waals surface area contributed by atoms with E-state index >= 15 is 0 Å². The Morgan fingerprint density at radius 1 is 0.967 bits per heavy atom. The average molecular weight is 428 g/mol. The number of Topliss-reactive ketones (excluding diaryl/α,β-unsaturated/α-hetero) is 2. The van der Waals surface area contributed by atoms with E-state index in [2.05, 4.69) is 33.0 Å². The number of ketones is 2. The zero-order valence-electron chi connectivity index (χ0n) is 18.4. The van der Waals surface area contributed by atoms with Crippen LogP contribution in [0.3, 0.4) is 0 Å². The number of allylic oxidation sites excluding steroid dienone is 4. The van der Waals surface area contributed by atoms with Crippen molar-refractivity contribution in [2.75, 3.05) is 6.61 Å². The lowest BCUT2D eigenvalue weighted by Gasteiger charge is -2.44. The second kappa shape index (κ2) is 7.26. The molecule has 4 nitrogen and oxygen atoms in total. The normalized spacial score (nSPS) is 23.1. The Labute approximate surface area is 183 Å². The summed E-state index contributed by atoms with van der Waals surface area (Å²) in [5.74, 6) is 0.460. The lowest BCUT2D eigenvalue weighted by molar-refractivity contribution is -0.119. The van der Waals surface area contributed by atoms with Crippen molar-refractivity contribution < 1.29 is 14.3 Å². The first-order valence-electron chi connectivity index (χ1n) is 10.7. The molecule has 30 heavy (non-hydrogen) atoms. The topological polar surface area (TPSA) is 55.4 Å². The van der Waals surface area contributed by atoms with E-state index in [4.69, 9.17) is 16.3 Å². The molecular weight excluding hydrogens is 398 g/mol. The monoisotopic (exact) mass is 427 g/mol. The van der Waals surface area contributed by atoms with Crippen LogP contribution in [0.15, 0.2) is 40.7 Å². The van der Waals surface area contributed by atoms with Gasteiger partial charge in [0.25, 0.3) is 0 Å². The molecule has 2 aliphatic carbocycles. The fourth-order valence-electron chi connectivity index (χ4n) is 5.23. The van der Waals surface area contributed by atoms with Crippen molar-refractivity contribution in [1.29, 1.82) is 0 Å². The second-order valence-electron chi connectivity index (χ2n) is 10.3. The molecule has 0 radical (unpaired) electrons. The summed E-state index contributed by atoms with van der Waals surface area (Å²) in [5, 5.41) is 4.11. The maximum atomic E-state index is 13.4. The first-order chi connectivity index (χ1) is 14.0. The van der Waals surface area contributed by atoms with E-state index in [1.165, 1.54) is 0 Å². The standard InChI is InChI=1S/C25H30ClNO3/c1-6-30-20-8-7-14(26)9-15(20)21-22-16(10-24(2,3)12-18(22)28)27-17-11-25(4,5)13-19(29)23(17)21/h7-9,21,27H,6,10-13H2,1-5H3. The molecule has 3 aliphatic rings. The summed E-state index contributed by atoms with van der Waals surface area (Å²) in [4.78, 5) is 26.8. The zero-order valence-corrected chi connectivity index (χ0v) is 19.2. The van der Waals surface area contributed by atoms with Crippen molar-refractivity contribution in [2.24, 2.45) is 10.8 Å². The average Bonchev–Trinajstić information content (AvgIpc) is 2.59. The van der Waals surface area contributed by atoms with E-state index in [0.29, 0.717) is 41.4 Å². The van der Waals surface area contributed by atoms with E-state index in [9.17, 15) is 9.59 Å². The van der Waals surface area contributed by atoms with Gasteiger partial charge < -0.3 is 10.1 Å². The van der Waals surface area contributed by atoms with Gasteiger partial charge in [-0.25, -0.2) is 0 Å². The van der Waals surface area contributed by atoms with Crippen LogP contribution in [0.1, 0.15) is 71.8 Å². The van der Waals surface area contributed by atoms with Gasteiger partial charge in [0.1, 0.15) is 5.75 Å². The molecule has 0 aromatic heterocycles. The van der Waals surface area contributed by atoms with Gasteiger partial charge in [0.15, 0.2) is 11.6 Å². The van der Waals surface area contributed by atoms with Crippen LogP contribution in [0.4, 0.5) is 0 Å². The number of hydrogen-bond acceptors (Lipinski definition) is 4. The number of dihydropyridines is 1. The van der Waals surface area contributed by atoms with Gasteiger partial charge in [-0.3, -0.25) is 9.59 Å². The number of halogens is 1. The van der Waals surface area contributed by atoms with E-state index in [0.717, 1.165) is 29.8 Å². The van der Waals surface area contributed by atoms with Crippen LogP contribution in [0, 0.1) is 10.8 Å². The number of nitrogens with one attached hydrogen (secondary N) is 1. The van der Waals surface area contributed by atoms with Crippen LogP contribution in [0.5, 0.6) is 5.75 Å². The Morgan fingerprint density at radius 2 is 1.50 bits per heavy atom. The molecule has 1 aliphatic heterocycles. The highest BCUT2D eigenvalue weighted by atomic mass is 35.5. The van der Waals surface area contributed by atoms with E-state index < -0.39 is 5.92 Å². The lowest BCUT2D eigenvalue weighted by Crippen LogP contribution is -2.42. The van der Waals surface area contributed by atoms with Gasteiger partial charge in [-0.15, -0.1) is 0 Å². The number of hydrogen-bond donors (Lipinski definition) is 1. The molecule has 1 heterocycles. The van der Waals surface area contributed by atoms with Gasteiger partial charge in [-0.05, 0) is 48.8 Å². The minimum Gasteiger partial charge on any atom is -0.494 e. The van der Waals surface area contributed by atoms with Crippen LogP contribution in [0.25, 0.3) is 0 Å². The Morgan fingerprint density at radius 3 is 2.00 bits per heavy atom. The number of carbonyl (C=O) groups is 2. The first kappa shape index (κ1) is 21.2. The van der Waals surface area contributed by atoms with Gasteiger partial charge in [0.2, 0.25) is 0 Å². The van der Waals surface area contributed by atoms with E-state index in [1.54, 1.807) is 6.07 Å². The van der Waals surface area contributed by atoms with Crippen molar-refractivity contribution in [3.8, 4) is 5.75 Å². The molecule has 0 atom stereocenters. The molecule has 1 N–H and O–H groups in total. The molecule has 0 amide bonds. The molecule has 0 fully saturated rings. The number of ether oxygens (including phenoxy) is 1. The highest BCUT2D eigenvalue weighted by Gasteiger charge is 2.47. The summed E-state index contributed by atoms with van der Waals surface area (Å²) in [7, 11) is 0. The number of rotatable bonds is 3. The van der Waals surface area contributed by atoms with Gasteiger partial charge >= 0.3 is 0 Å². The summed E-state index contributed by atoms with van der Waals surface area (Å²) < 4.78 is 5.91. The maximum Gasteiger partial charge on any atom is 0.162 e. The summed E-state index contributed by atoms with van der Waals surface area (Å²) >= 11 is 6.38. The molecule has 0 saturated carbocycles. The first-order valence-corrected chi connectivity index (χ1v) is 11.1. The Balaban J connectivity index is 1.96. The molecule has 0 saturated heterocycles. The third kappa shape index (κ3) is 3.71. The van der Waals surface area contributed by atoms with E-state index in [1.807, 2.05) is 19.1 Å². The number of carbonyl (C=O) groups excluding carboxylic acids is 2. The van der Waals surface area contributed by atoms with Gasteiger partial charge in [-0.1, -0.05) is 39.3 Å². The lowest BCUT2D eigenvalue weighted by atomic mass is 9.64. The molecule has 0 unspecified atom stereocenters. The van der Waals surface area contributed by atoms with Crippen molar-refractivity contribution in [3.63, 3.8) is 0 Å². The number of benzene rings is 1. The van der Waals surface area contributed by atoms with Crippen molar-refractivity contribution in [1.82, 2.24) is 5.32 Å². The van der Waals surface area contributed by atoms with Crippen LogP contribution >= 0.6 is 11.6 Å². The molecular formula is C25H30ClNO3. The van der Waals surface area contributed by atoms with E-state index in [-0.39, 0.29) is 22.4 Å². The molecule has 0 spiro atoms. The summed E-state index contributed by atoms with van der Waals surface area (Å²) in [6.45, 7) is 10.9. The third-order valence-electron chi connectivity index (χ3n) is 6.30. The Bertz CT molecular complexity index is 948. The SMILES string of the molecule is CCOc1ccc(Cl)cc1C1C2=C(CC(C)(C)CC2=O)NC2=C1C(=O)CC(C)(C)C2. The van der Waals surface area contributed by atoms with Gasteiger partial charge in [-0.2, -0.15) is 0 Å². The second-order valence-corrected chi connectivity index (χ2v) is 10.8. The highest BCUT2D eigenvalue weighted by Crippen LogP contribution is 2.52. The van der Waals surface area contributed by atoms with Crippen molar-refractivity contribution in [2.45, 2.75) is 66.2 Å². The van der Waals surface area contributed by atoms with Gasteiger partial charge in [0.05, 0.1) is 6.61 Å². The van der Waals surface area contributed by atoms with Gasteiger partial charge in [0, 0.05) is 51.9 Å². The van der Waals surface area contributed by atoms with Crippen LogP contribution in [0.2, 0.25) is 5.02 Å². The Kier molecular flexibility index (Phi) is 5.13. The largest absolute Gasteiger partial charge is 0.494 e. The van der Waals surface area contributed by atoms with Crippen LogP contribution < -0.4 is 10.1 Å². The molecule has 1 aromatic rings. The molecule has 0 bridgehead atoms. The minimum atomic E-state index is -0.427. The maximum absolute atomic E-state index is 13.4. The summed E-state index contributed by atoms with van der Waals surface area (Å²) in [5.41, 5.74) is 3.91. The molecule has 1 aromatic carbocycles. The molecule has 160 valence electrons. The summed E-state index contributed by atoms with van der Waals surface area (Å²) in [6, 6.07) is 5.50. The van der Waals surface area contributed by atoms with Crippen LogP contribution in [-0.4, -0.2) is 18.2 Å². The Hall–Kier alpha value is -2.07. The minimum absolute atomic E-state index is 0.102. The quantitative estimate of drug-likeness (QED) is 0.671.